The van der Waals surface area contributed by atoms with E-state index in [9.17, 15) is 10.2 Å². The molecule has 1 aromatic rings. The number of hydrogen-bond donors (Lipinski definition) is 4. The zero-order chi connectivity index (χ0) is 18.9. The summed E-state index contributed by atoms with van der Waals surface area (Å²) in [5, 5.41) is 23.9. The van der Waals surface area contributed by atoms with Gasteiger partial charge in [-0.1, -0.05) is 104 Å². The molecule has 1 aromatic heterocycles. The Morgan fingerprint density at radius 1 is 0.667 bits per heavy atom. The van der Waals surface area contributed by atoms with Crippen LogP contribution in [-0.4, -0.2) is 45.2 Å². The standard InChI is InChI=1S/C8H6Cl9N5O2/c9-6(10,11)1-18-4(20-2(23)7(12,13)14)22-5(19-1)21-3(24)8(15,16)17/h2-3,23-24H,(H2,18,19,20,21,22). The summed E-state index contributed by atoms with van der Waals surface area (Å²) in [7, 11) is 0. The molecular formula is C8H6Cl9N5O2. The van der Waals surface area contributed by atoms with Crippen molar-refractivity contribution in [2.45, 2.75) is 23.8 Å². The number of rotatable bonds is 4. The summed E-state index contributed by atoms with van der Waals surface area (Å²) < 4.78 is -6.30. The lowest BCUT2D eigenvalue weighted by Crippen LogP contribution is -2.36. The first kappa shape index (κ1) is 23.2. The summed E-state index contributed by atoms with van der Waals surface area (Å²) in [6.45, 7) is 0. The fraction of sp³-hybridized carbons (Fsp3) is 0.625. The zero-order valence-electron chi connectivity index (χ0n) is 10.8. The molecule has 0 saturated heterocycles. The van der Waals surface area contributed by atoms with Crippen LogP contribution in [-0.2, 0) is 3.79 Å². The average Bonchev–Trinajstić information content (AvgIpc) is 2.34. The molecule has 138 valence electrons. The molecule has 0 aromatic carbocycles. The minimum Gasteiger partial charge on any atom is -0.369 e. The van der Waals surface area contributed by atoms with Gasteiger partial charge < -0.3 is 20.8 Å². The molecule has 2 unspecified atom stereocenters. The molecule has 0 fully saturated rings. The summed E-state index contributed by atoms with van der Waals surface area (Å²) >= 11 is 50.1. The van der Waals surface area contributed by atoms with Gasteiger partial charge in [0.25, 0.3) is 0 Å². The maximum Gasteiger partial charge on any atom is 0.250 e. The Bertz CT molecular complexity index is 532. The number of anilines is 2. The van der Waals surface area contributed by atoms with E-state index >= 15 is 0 Å². The Hall–Kier alpha value is 1.14. The second-order valence-electron chi connectivity index (χ2n) is 3.98. The maximum atomic E-state index is 9.70. The normalized spacial score (nSPS) is 15.8. The van der Waals surface area contributed by atoms with Crippen LogP contribution in [0.3, 0.4) is 0 Å². The lowest BCUT2D eigenvalue weighted by Gasteiger charge is -2.23. The molecule has 0 radical (unpaired) electrons. The van der Waals surface area contributed by atoms with Gasteiger partial charge in [-0.05, 0) is 0 Å². The molecule has 0 aliphatic rings. The van der Waals surface area contributed by atoms with Gasteiger partial charge in [0.1, 0.15) is 0 Å². The predicted molar refractivity (Wildman–Crippen MR) is 98.9 cm³/mol. The van der Waals surface area contributed by atoms with E-state index in [2.05, 4.69) is 25.6 Å². The molecule has 0 saturated carbocycles. The van der Waals surface area contributed by atoms with Gasteiger partial charge >= 0.3 is 0 Å². The summed E-state index contributed by atoms with van der Waals surface area (Å²) in [6, 6.07) is 0. The molecule has 24 heavy (non-hydrogen) atoms. The van der Waals surface area contributed by atoms with E-state index in [0.717, 1.165) is 0 Å². The molecule has 1 heterocycles. The summed E-state index contributed by atoms with van der Waals surface area (Å²) in [4.78, 5) is 11.2. The van der Waals surface area contributed by atoms with Gasteiger partial charge in [-0.2, -0.15) is 15.0 Å². The van der Waals surface area contributed by atoms with Gasteiger partial charge in [0.15, 0.2) is 18.3 Å². The van der Waals surface area contributed by atoms with Crippen LogP contribution in [0.25, 0.3) is 0 Å². The number of hydrogen-bond acceptors (Lipinski definition) is 7. The summed E-state index contributed by atoms with van der Waals surface area (Å²) in [5.41, 5.74) is 0. The molecule has 0 bridgehead atoms. The van der Waals surface area contributed by atoms with E-state index in [1.54, 1.807) is 0 Å². The van der Waals surface area contributed by atoms with E-state index < -0.39 is 23.8 Å². The lowest BCUT2D eigenvalue weighted by molar-refractivity contribution is 0.205. The van der Waals surface area contributed by atoms with Gasteiger partial charge in [0.05, 0.1) is 0 Å². The molecular weight excluding hydrogens is 517 g/mol. The van der Waals surface area contributed by atoms with Crippen LogP contribution < -0.4 is 10.6 Å². The van der Waals surface area contributed by atoms with Gasteiger partial charge in [-0.25, -0.2) is 0 Å². The average molecular weight is 523 g/mol. The number of halogens is 9. The number of aliphatic hydroxyl groups excluding tert-OH is 2. The number of aliphatic hydroxyl groups is 2. The summed E-state index contributed by atoms with van der Waals surface area (Å²) in [5.74, 6) is -1.10. The molecule has 16 heteroatoms. The highest BCUT2D eigenvalue weighted by Gasteiger charge is 2.35. The highest BCUT2D eigenvalue weighted by Crippen LogP contribution is 2.37. The predicted octanol–water partition coefficient (Wildman–Crippen LogP) is 3.90. The Morgan fingerprint density at radius 2 is 1.00 bits per heavy atom. The van der Waals surface area contributed by atoms with Crippen molar-refractivity contribution < 1.29 is 10.2 Å². The number of aromatic nitrogens is 3. The van der Waals surface area contributed by atoms with Crippen LogP contribution in [0, 0.1) is 0 Å². The van der Waals surface area contributed by atoms with Crippen molar-refractivity contribution in [3.8, 4) is 0 Å². The molecule has 4 N–H and O–H groups in total. The van der Waals surface area contributed by atoms with Gasteiger partial charge in [0.2, 0.25) is 23.3 Å². The smallest absolute Gasteiger partial charge is 0.250 e. The van der Waals surface area contributed by atoms with Gasteiger partial charge in [0, 0.05) is 0 Å². The number of nitrogens with zero attached hydrogens (tertiary/aromatic N) is 3. The maximum absolute atomic E-state index is 9.70. The van der Waals surface area contributed by atoms with E-state index in [1.165, 1.54) is 0 Å². The Balaban J connectivity index is 3.18. The highest BCUT2D eigenvalue weighted by molar-refractivity contribution is 6.68. The molecule has 2 atom stereocenters. The van der Waals surface area contributed by atoms with Crippen LogP contribution >= 0.6 is 104 Å². The third-order valence-corrected chi connectivity index (χ3v) is 3.79. The molecule has 7 nitrogen and oxygen atoms in total. The highest BCUT2D eigenvalue weighted by atomic mass is 35.6. The van der Waals surface area contributed by atoms with E-state index in [1.807, 2.05) is 0 Å². The van der Waals surface area contributed by atoms with Crippen LogP contribution in [0.15, 0.2) is 0 Å². The molecule has 0 spiro atoms. The first-order chi connectivity index (χ1) is 10.6. The largest absolute Gasteiger partial charge is 0.369 e. The monoisotopic (exact) mass is 519 g/mol. The summed E-state index contributed by atoms with van der Waals surface area (Å²) in [6.07, 6.45) is -3.45. The number of alkyl halides is 9. The minimum absolute atomic E-state index is 0.357. The van der Waals surface area contributed by atoms with Gasteiger partial charge in [-0.3, -0.25) is 0 Å². The zero-order valence-corrected chi connectivity index (χ0v) is 17.6. The van der Waals surface area contributed by atoms with Crippen LogP contribution in [0.4, 0.5) is 11.9 Å². The Morgan fingerprint density at radius 3 is 1.25 bits per heavy atom. The Kier molecular flexibility index (Phi) is 8.15. The van der Waals surface area contributed by atoms with E-state index in [0.29, 0.717) is 0 Å². The van der Waals surface area contributed by atoms with Crippen LogP contribution in [0.5, 0.6) is 0 Å². The van der Waals surface area contributed by atoms with Crippen molar-refractivity contribution in [2.24, 2.45) is 0 Å². The van der Waals surface area contributed by atoms with Crippen molar-refractivity contribution in [3.05, 3.63) is 5.82 Å². The molecule has 1 rings (SSSR count). The van der Waals surface area contributed by atoms with Crippen molar-refractivity contribution in [3.63, 3.8) is 0 Å². The fourth-order valence-electron chi connectivity index (χ4n) is 1.04. The van der Waals surface area contributed by atoms with Crippen molar-refractivity contribution in [2.75, 3.05) is 10.6 Å². The molecule has 0 aliphatic carbocycles. The fourth-order valence-corrected chi connectivity index (χ4v) is 1.62. The second-order valence-corrected chi connectivity index (χ2v) is 11.0. The van der Waals surface area contributed by atoms with E-state index in [4.69, 9.17) is 104 Å². The van der Waals surface area contributed by atoms with Crippen LogP contribution in [0.2, 0.25) is 0 Å². The van der Waals surface area contributed by atoms with Gasteiger partial charge in [-0.15, -0.1) is 0 Å². The minimum atomic E-state index is -2.11. The first-order valence-corrected chi connectivity index (χ1v) is 8.87. The van der Waals surface area contributed by atoms with Crippen molar-refractivity contribution in [1.82, 2.24) is 15.0 Å². The van der Waals surface area contributed by atoms with E-state index in [-0.39, 0.29) is 17.7 Å². The third kappa shape index (κ3) is 7.40. The second kappa shape index (κ2) is 8.44. The first-order valence-electron chi connectivity index (χ1n) is 5.46. The topological polar surface area (TPSA) is 103 Å². The molecule has 0 amide bonds. The Labute approximate surface area is 180 Å². The van der Waals surface area contributed by atoms with Crippen molar-refractivity contribution in [1.29, 1.82) is 0 Å². The lowest BCUT2D eigenvalue weighted by atomic mass is 10.6. The van der Waals surface area contributed by atoms with Crippen LogP contribution in [0.1, 0.15) is 5.82 Å². The van der Waals surface area contributed by atoms with Crippen molar-refractivity contribution >= 4 is 116 Å². The SMILES string of the molecule is OC(Nc1nc(NC(O)C(Cl)(Cl)Cl)nc(C(Cl)(Cl)Cl)n1)C(Cl)(Cl)Cl. The quantitative estimate of drug-likeness (QED) is 0.351. The number of nitrogens with one attached hydrogen (secondary N) is 2. The third-order valence-electron chi connectivity index (χ3n) is 2.04. The molecule has 0 aliphatic heterocycles.